The summed E-state index contributed by atoms with van der Waals surface area (Å²) < 4.78 is 0. The van der Waals surface area contributed by atoms with Crippen molar-refractivity contribution in [2.75, 3.05) is 12.4 Å². The van der Waals surface area contributed by atoms with Crippen LogP contribution >= 0.6 is 11.6 Å². The monoisotopic (exact) mass is 297 g/mol. The number of nitrogens with one attached hydrogen (secondary N) is 3. The molecular weight excluding hydrogens is 278 g/mol. The summed E-state index contributed by atoms with van der Waals surface area (Å²) in [5.41, 5.74) is 0.850. The van der Waals surface area contributed by atoms with Crippen LogP contribution in [0.2, 0.25) is 5.02 Å². The summed E-state index contributed by atoms with van der Waals surface area (Å²) in [6, 6.07) is 4.48. The van der Waals surface area contributed by atoms with Crippen LogP contribution in [0.3, 0.4) is 0 Å². The fraction of sp³-hybridized carbons (Fsp3) is 0.429. The summed E-state index contributed by atoms with van der Waals surface area (Å²) in [6.07, 6.45) is 1.90. The predicted octanol–water partition coefficient (Wildman–Crippen LogP) is 3.01. The van der Waals surface area contributed by atoms with Gasteiger partial charge in [0.1, 0.15) is 0 Å². The molecule has 0 saturated carbocycles. The highest BCUT2D eigenvalue weighted by Gasteiger charge is 2.11. The van der Waals surface area contributed by atoms with Gasteiger partial charge in [-0.05, 0) is 31.5 Å². The highest BCUT2D eigenvalue weighted by Crippen LogP contribution is 2.23. The predicted molar refractivity (Wildman–Crippen MR) is 81.4 cm³/mol. The van der Waals surface area contributed by atoms with Crippen LogP contribution in [0, 0.1) is 0 Å². The number of carbonyl (C=O) groups excluding carboxylic acids is 2. The molecule has 1 atom stereocenters. The Balaban J connectivity index is 2.76. The number of benzene rings is 1. The van der Waals surface area contributed by atoms with Gasteiger partial charge in [0.2, 0.25) is 0 Å². The Bertz CT molecular complexity index is 491. The maximum Gasteiger partial charge on any atom is 0.319 e. The number of urea groups is 1. The van der Waals surface area contributed by atoms with Gasteiger partial charge in [0.25, 0.3) is 5.91 Å². The Morgan fingerprint density at radius 1 is 1.35 bits per heavy atom. The molecule has 0 aliphatic heterocycles. The SMILES string of the molecule is CCC[C@@H](C)NC(=O)Nc1cc(C(=O)NC)ccc1Cl. The van der Waals surface area contributed by atoms with Crippen molar-refractivity contribution >= 4 is 29.2 Å². The van der Waals surface area contributed by atoms with Gasteiger partial charge in [-0.25, -0.2) is 4.79 Å². The van der Waals surface area contributed by atoms with Gasteiger partial charge in [-0.15, -0.1) is 0 Å². The molecule has 110 valence electrons. The molecule has 0 bridgehead atoms. The van der Waals surface area contributed by atoms with Crippen molar-refractivity contribution in [3.63, 3.8) is 0 Å². The Kier molecular flexibility index (Phi) is 6.31. The molecule has 1 rings (SSSR count). The first-order valence-corrected chi connectivity index (χ1v) is 6.94. The van der Waals surface area contributed by atoms with Gasteiger partial charge < -0.3 is 16.0 Å². The summed E-state index contributed by atoms with van der Waals surface area (Å²) in [7, 11) is 1.54. The highest BCUT2D eigenvalue weighted by molar-refractivity contribution is 6.33. The Labute approximate surface area is 124 Å². The molecule has 0 saturated heterocycles. The van der Waals surface area contributed by atoms with E-state index >= 15 is 0 Å². The maximum absolute atomic E-state index is 11.8. The normalized spacial score (nSPS) is 11.6. The second kappa shape index (κ2) is 7.75. The van der Waals surface area contributed by atoms with Gasteiger partial charge in [-0.3, -0.25) is 4.79 Å². The Morgan fingerprint density at radius 2 is 2.05 bits per heavy atom. The number of carbonyl (C=O) groups is 2. The lowest BCUT2D eigenvalue weighted by Gasteiger charge is -2.14. The van der Waals surface area contributed by atoms with Crippen LogP contribution in [0.1, 0.15) is 37.0 Å². The van der Waals surface area contributed by atoms with E-state index in [0.717, 1.165) is 12.8 Å². The fourth-order valence-corrected chi connectivity index (χ4v) is 1.96. The number of rotatable bonds is 5. The average Bonchev–Trinajstić information content (AvgIpc) is 2.40. The van der Waals surface area contributed by atoms with E-state index in [1.165, 1.54) is 0 Å². The van der Waals surface area contributed by atoms with Gasteiger partial charge in [0, 0.05) is 18.7 Å². The van der Waals surface area contributed by atoms with Crippen LogP contribution < -0.4 is 16.0 Å². The molecule has 0 aliphatic carbocycles. The molecule has 0 heterocycles. The third-order valence-electron chi connectivity index (χ3n) is 2.80. The van der Waals surface area contributed by atoms with Crippen molar-refractivity contribution in [1.29, 1.82) is 0 Å². The summed E-state index contributed by atoms with van der Waals surface area (Å²) in [6.45, 7) is 3.99. The van der Waals surface area contributed by atoms with E-state index in [1.807, 2.05) is 6.92 Å². The van der Waals surface area contributed by atoms with Crippen LogP contribution in [0.4, 0.5) is 10.5 Å². The minimum absolute atomic E-state index is 0.0842. The minimum Gasteiger partial charge on any atom is -0.355 e. The van der Waals surface area contributed by atoms with Gasteiger partial charge >= 0.3 is 6.03 Å². The number of anilines is 1. The first-order chi connectivity index (χ1) is 9.47. The van der Waals surface area contributed by atoms with E-state index in [1.54, 1.807) is 25.2 Å². The molecule has 1 aromatic carbocycles. The van der Waals surface area contributed by atoms with Crippen LogP contribution in [-0.2, 0) is 0 Å². The fourth-order valence-electron chi connectivity index (χ4n) is 1.79. The van der Waals surface area contributed by atoms with Crippen LogP contribution in [-0.4, -0.2) is 25.0 Å². The van der Waals surface area contributed by atoms with Crippen molar-refractivity contribution in [2.24, 2.45) is 0 Å². The van der Waals surface area contributed by atoms with Crippen LogP contribution in [0.25, 0.3) is 0 Å². The van der Waals surface area contributed by atoms with Crippen LogP contribution in [0.5, 0.6) is 0 Å². The molecule has 3 N–H and O–H groups in total. The van der Waals surface area contributed by atoms with Crippen molar-refractivity contribution < 1.29 is 9.59 Å². The minimum atomic E-state index is -0.332. The first-order valence-electron chi connectivity index (χ1n) is 6.57. The lowest BCUT2D eigenvalue weighted by atomic mass is 10.2. The van der Waals surface area contributed by atoms with E-state index in [2.05, 4.69) is 22.9 Å². The lowest BCUT2D eigenvalue weighted by molar-refractivity contribution is 0.0963. The zero-order valence-electron chi connectivity index (χ0n) is 11.9. The molecule has 5 nitrogen and oxygen atoms in total. The molecule has 0 fully saturated rings. The second-order valence-corrected chi connectivity index (χ2v) is 4.97. The van der Waals surface area contributed by atoms with E-state index in [0.29, 0.717) is 16.3 Å². The van der Waals surface area contributed by atoms with E-state index in [-0.39, 0.29) is 18.0 Å². The molecule has 0 spiro atoms. The average molecular weight is 298 g/mol. The molecule has 0 aliphatic rings. The van der Waals surface area contributed by atoms with Crippen molar-refractivity contribution in [3.8, 4) is 0 Å². The lowest BCUT2D eigenvalue weighted by Crippen LogP contribution is -2.36. The van der Waals surface area contributed by atoms with Gasteiger partial charge in [0.15, 0.2) is 0 Å². The van der Waals surface area contributed by atoms with E-state index in [9.17, 15) is 9.59 Å². The highest BCUT2D eigenvalue weighted by atomic mass is 35.5. The standard InChI is InChI=1S/C14H20ClN3O2/c1-4-5-9(2)17-14(20)18-12-8-10(13(19)16-3)6-7-11(12)15/h6-9H,4-5H2,1-3H3,(H,16,19)(H2,17,18,20)/t9-/m1/s1. The Hall–Kier alpha value is -1.75. The topological polar surface area (TPSA) is 70.2 Å². The smallest absolute Gasteiger partial charge is 0.319 e. The maximum atomic E-state index is 11.8. The quantitative estimate of drug-likeness (QED) is 0.782. The first kappa shape index (κ1) is 16.3. The third-order valence-corrected chi connectivity index (χ3v) is 3.13. The van der Waals surface area contributed by atoms with Crippen molar-refractivity contribution in [3.05, 3.63) is 28.8 Å². The Morgan fingerprint density at radius 3 is 2.65 bits per heavy atom. The molecule has 6 heteroatoms. The largest absolute Gasteiger partial charge is 0.355 e. The molecule has 1 aromatic rings. The van der Waals surface area contributed by atoms with Gasteiger partial charge in [-0.2, -0.15) is 0 Å². The van der Waals surface area contributed by atoms with Crippen molar-refractivity contribution in [2.45, 2.75) is 32.7 Å². The third kappa shape index (κ3) is 4.74. The summed E-state index contributed by atoms with van der Waals surface area (Å²) in [5, 5.41) is 8.37. The summed E-state index contributed by atoms with van der Waals surface area (Å²) >= 11 is 6.01. The summed E-state index contributed by atoms with van der Waals surface area (Å²) in [5.74, 6) is -0.232. The zero-order chi connectivity index (χ0) is 15.1. The number of halogens is 1. The van der Waals surface area contributed by atoms with E-state index < -0.39 is 0 Å². The number of hydrogen-bond donors (Lipinski definition) is 3. The van der Waals surface area contributed by atoms with E-state index in [4.69, 9.17) is 11.6 Å². The molecule has 0 aromatic heterocycles. The van der Waals surface area contributed by atoms with Crippen molar-refractivity contribution in [1.82, 2.24) is 10.6 Å². The second-order valence-electron chi connectivity index (χ2n) is 4.56. The molecule has 20 heavy (non-hydrogen) atoms. The zero-order valence-corrected chi connectivity index (χ0v) is 12.7. The molecule has 3 amide bonds. The summed E-state index contributed by atoms with van der Waals surface area (Å²) in [4.78, 5) is 23.4. The molecule has 0 unspecified atom stereocenters. The number of hydrogen-bond acceptors (Lipinski definition) is 2. The van der Waals surface area contributed by atoms with Crippen LogP contribution in [0.15, 0.2) is 18.2 Å². The number of amides is 3. The molecule has 0 radical (unpaired) electrons. The van der Waals surface area contributed by atoms with Gasteiger partial charge in [0.05, 0.1) is 10.7 Å². The van der Waals surface area contributed by atoms with Gasteiger partial charge in [-0.1, -0.05) is 24.9 Å². The molecular formula is C14H20ClN3O2.